The van der Waals surface area contributed by atoms with Gasteiger partial charge in [0.1, 0.15) is 10.8 Å². The lowest BCUT2D eigenvalue weighted by Gasteiger charge is -2.08. The highest BCUT2D eigenvalue weighted by Crippen LogP contribution is 2.31. The van der Waals surface area contributed by atoms with Gasteiger partial charge in [-0.25, -0.2) is 0 Å². The van der Waals surface area contributed by atoms with E-state index < -0.39 is 10.8 Å². The van der Waals surface area contributed by atoms with Crippen LogP contribution in [-0.4, -0.2) is 10.8 Å². The second-order valence-electron chi connectivity index (χ2n) is 5.86. The minimum atomic E-state index is -0.567. The maximum absolute atomic E-state index is 12.4. The summed E-state index contributed by atoms with van der Waals surface area (Å²) in [7, 11) is 0. The molecule has 132 valence electrons. The first kappa shape index (κ1) is 17.7. The number of hydrogen-bond acceptors (Lipinski definition) is 4. The Bertz CT molecular complexity index is 1010. The number of aryl methyl sites for hydroxylation is 2. The summed E-state index contributed by atoms with van der Waals surface area (Å²) in [6.45, 7) is 3.84. The third-order valence-electron chi connectivity index (χ3n) is 3.90. The maximum atomic E-state index is 12.4. The van der Waals surface area contributed by atoms with Crippen LogP contribution in [0.4, 0.5) is 11.4 Å². The van der Waals surface area contributed by atoms with E-state index in [2.05, 4.69) is 5.32 Å². The molecule has 3 rings (SSSR count). The van der Waals surface area contributed by atoms with E-state index in [-0.39, 0.29) is 16.5 Å². The van der Waals surface area contributed by atoms with Crippen LogP contribution in [0.2, 0.25) is 5.02 Å². The molecule has 1 amide bonds. The Morgan fingerprint density at radius 2 is 1.88 bits per heavy atom. The van der Waals surface area contributed by atoms with Gasteiger partial charge >= 0.3 is 0 Å². The lowest BCUT2D eigenvalue weighted by Crippen LogP contribution is -2.11. The topological polar surface area (TPSA) is 85.4 Å². The average Bonchev–Trinajstić information content (AvgIpc) is 3.08. The SMILES string of the molecule is Cc1ccc(C)c(NC(=O)c2ccc(-c3ccc(Cl)c([N+](=O)[O-])c3)o2)c1. The lowest BCUT2D eigenvalue weighted by atomic mass is 10.1. The summed E-state index contributed by atoms with van der Waals surface area (Å²) in [5, 5.41) is 13.9. The molecule has 0 saturated carbocycles. The Morgan fingerprint density at radius 1 is 1.12 bits per heavy atom. The van der Waals surface area contributed by atoms with Gasteiger partial charge in [0, 0.05) is 17.3 Å². The first-order valence-corrected chi connectivity index (χ1v) is 8.15. The highest BCUT2D eigenvalue weighted by molar-refractivity contribution is 6.32. The van der Waals surface area contributed by atoms with Crippen molar-refractivity contribution in [2.24, 2.45) is 0 Å². The van der Waals surface area contributed by atoms with Crippen molar-refractivity contribution in [1.82, 2.24) is 0 Å². The summed E-state index contributed by atoms with van der Waals surface area (Å²) in [5.41, 5.74) is 2.91. The molecule has 7 heteroatoms. The normalized spacial score (nSPS) is 10.6. The number of carbonyl (C=O) groups is 1. The van der Waals surface area contributed by atoms with Crippen LogP contribution in [0.15, 0.2) is 52.9 Å². The van der Waals surface area contributed by atoms with Gasteiger partial charge in [0.15, 0.2) is 5.76 Å². The van der Waals surface area contributed by atoms with Crippen molar-refractivity contribution in [3.63, 3.8) is 0 Å². The van der Waals surface area contributed by atoms with Crippen molar-refractivity contribution in [1.29, 1.82) is 0 Å². The third kappa shape index (κ3) is 3.60. The summed E-state index contributed by atoms with van der Waals surface area (Å²) in [6.07, 6.45) is 0. The molecule has 0 bridgehead atoms. The predicted octanol–water partition coefficient (Wildman–Crippen LogP) is 5.38. The van der Waals surface area contributed by atoms with Gasteiger partial charge in [-0.2, -0.15) is 0 Å². The quantitative estimate of drug-likeness (QED) is 0.493. The Labute approximate surface area is 154 Å². The fourth-order valence-electron chi connectivity index (χ4n) is 2.48. The first-order chi connectivity index (χ1) is 12.3. The van der Waals surface area contributed by atoms with E-state index in [1.165, 1.54) is 18.2 Å². The van der Waals surface area contributed by atoms with Crippen LogP contribution in [0.1, 0.15) is 21.7 Å². The third-order valence-corrected chi connectivity index (χ3v) is 4.22. The van der Waals surface area contributed by atoms with E-state index in [4.69, 9.17) is 16.0 Å². The lowest BCUT2D eigenvalue weighted by molar-refractivity contribution is -0.384. The van der Waals surface area contributed by atoms with Crippen LogP contribution in [0.3, 0.4) is 0 Å². The number of hydrogen-bond donors (Lipinski definition) is 1. The number of nitrogens with zero attached hydrogens (tertiary/aromatic N) is 1. The number of nitrogens with one attached hydrogen (secondary N) is 1. The standard InChI is InChI=1S/C19H15ClN2O4/c1-11-3-4-12(2)15(9-11)21-19(23)18-8-7-17(26-18)13-5-6-14(20)16(10-13)22(24)25/h3-10H,1-2H3,(H,21,23). The Morgan fingerprint density at radius 3 is 2.62 bits per heavy atom. The van der Waals surface area contributed by atoms with Crippen molar-refractivity contribution in [3.05, 3.63) is 80.6 Å². The molecule has 0 fully saturated rings. The number of nitro groups is 1. The Balaban J connectivity index is 1.86. The smallest absolute Gasteiger partial charge is 0.291 e. The van der Waals surface area contributed by atoms with Gasteiger partial charge in [-0.1, -0.05) is 23.7 Å². The highest BCUT2D eigenvalue weighted by atomic mass is 35.5. The van der Waals surface area contributed by atoms with Crippen LogP contribution in [-0.2, 0) is 0 Å². The molecule has 0 aliphatic heterocycles. The molecule has 0 aliphatic rings. The predicted molar refractivity (Wildman–Crippen MR) is 99.7 cm³/mol. The molecule has 3 aromatic rings. The molecule has 1 heterocycles. The summed E-state index contributed by atoms with van der Waals surface area (Å²) in [4.78, 5) is 22.9. The first-order valence-electron chi connectivity index (χ1n) is 7.78. The monoisotopic (exact) mass is 370 g/mol. The second-order valence-corrected chi connectivity index (χ2v) is 6.27. The van der Waals surface area contributed by atoms with E-state index in [0.29, 0.717) is 17.0 Å². The van der Waals surface area contributed by atoms with Crippen molar-refractivity contribution >= 4 is 28.9 Å². The van der Waals surface area contributed by atoms with Crippen molar-refractivity contribution in [2.75, 3.05) is 5.32 Å². The Kier molecular flexibility index (Phi) is 4.77. The number of benzene rings is 2. The van der Waals surface area contributed by atoms with Gasteiger partial charge in [-0.3, -0.25) is 14.9 Å². The van der Waals surface area contributed by atoms with E-state index >= 15 is 0 Å². The molecule has 0 atom stereocenters. The molecule has 0 aliphatic carbocycles. The maximum Gasteiger partial charge on any atom is 0.291 e. The molecule has 6 nitrogen and oxygen atoms in total. The van der Waals surface area contributed by atoms with Crippen molar-refractivity contribution in [2.45, 2.75) is 13.8 Å². The van der Waals surface area contributed by atoms with Crippen molar-refractivity contribution in [3.8, 4) is 11.3 Å². The number of anilines is 1. The number of rotatable bonds is 4. The van der Waals surface area contributed by atoms with Crippen LogP contribution < -0.4 is 5.32 Å². The van der Waals surface area contributed by atoms with Gasteiger partial charge < -0.3 is 9.73 Å². The van der Waals surface area contributed by atoms with Crippen LogP contribution >= 0.6 is 11.6 Å². The van der Waals surface area contributed by atoms with E-state index in [9.17, 15) is 14.9 Å². The number of halogens is 1. The number of nitro benzene ring substituents is 1. The van der Waals surface area contributed by atoms with Crippen LogP contribution in [0.5, 0.6) is 0 Å². The molecular formula is C19H15ClN2O4. The molecule has 0 saturated heterocycles. The minimum absolute atomic E-state index is 0.0400. The Hall–Kier alpha value is -3.12. The van der Waals surface area contributed by atoms with Gasteiger partial charge in [0.05, 0.1) is 4.92 Å². The zero-order valence-electron chi connectivity index (χ0n) is 14.1. The molecule has 1 aromatic heterocycles. The van der Waals surface area contributed by atoms with Gasteiger partial charge in [0.25, 0.3) is 11.6 Å². The summed E-state index contributed by atoms with van der Waals surface area (Å²) < 4.78 is 5.57. The van der Waals surface area contributed by atoms with E-state index in [1.807, 2.05) is 32.0 Å². The molecule has 2 aromatic carbocycles. The molecule has 1 N–H and O–H groups in total. The van der Waals surface area contributed by atoms with Gasteiger partial charge in [-0.05, 0) is 55.3 Å². The molecule has 0 unspecified atom stereocenters. The number of carbonyl (C=O) groups excluding carboxylic acids is 1. The fraction of sp³-hybridized carbons (Fsp3) is 0.105. The highest BCUT2D eigenvalue weighted by Gasteiger charge is 2.17. The molecule has 0 radical (unpaired) electrons. The summed E-state index contributed by atoms with van der Waals surface area (Å²) >= 11 is 5.82. The fourth-order valence-corrected chi connectivity index (χ4v) is 2.66. The average molecular weight is 371 g/mol. The molecule has 0 spiro atoms. The van der Waals surface area contributed by atoms with Gasteiger partial charge in [-0.15, -0.1) is 0 Å². The largest absolute Gasteiger partial charge is 0.451 e. The second kappa shape index (κ2) is 7.01. The molecular weight excluding hydrogens is 356 g/mol. The zero-order chi connectivity index (χ0) is 18.8. The van der Waals surface area contributed by atoms with E-state index in [0.717, 1.165) is 11.1 Å². The zero-order valence-corrected chi connectivity index (χ0v) is 14.8. The summed E-state index contributed by atoms with van der Waals surface area (Å²) in [5.74, 6) is 0.0582. The van der Waals surface area contributed by atoms with Gasteiger partial charge in [0.2, 0.25) is 0 Å². The molecule has 26 heavy (non-hydrogen) atoms. The number of furan rings is 1. The number of amides is 1. The van der Waals surface area contributed by atoms with E-state index in [1.54, 1.807) is 12.1 Å². The van der Waals surface area contributed by atoms with Crippen LogP contribution in [0, 0.1) is 24.0 Å². The van der Waals surface area contributed by atoms with Crippen molar-refractivity contribution < 1.29 is 14.1 Å². The van der Waals surface area contributed by atoms with Crippen LogP contribution in [0.25, 0.3) is 11.3 Å². The minimum Gasteiger partial charge on any atom is -0.451 e. The summed E-state index contributed by atoms with van der Waals surface area (Å²) in [6, 6.07) is 13.2.